The molecule has 0 radical (unpaired) electrons. The molecular formula is C25H42O5. The highest BCUT2D eigenvalue weighted by molar-refractivity contribution is 5.50. The normalized spacial score (nSPS) is 31.9. The number of allylic oxidation sites excluding steroid dienone is 1. The molecule has 30 heavy (non-hydrogen) atoms. The van der Waals surface area contributed by atoms with Gasteiger partial charge in [-0.2, -0.15) is 0 Å². The Balaban J connectivity index is 1.64. The fourth-order valence-electron chi connectivity index (χ4n) is 4.93. The molecule has 172 valence electrons. The van der Waals surface area contributed by atoms with Gasteiger partial charge in [-0.15, -0.1) is 0 Å². The van der Waals surface area contributed by atoms with Crippen molar-refractivity contribution >= 4 is 6.29 Å². The van der Waals surface area contributed by atoms with Crippen LogP contribution in [0.3, 0.4) is 0 Å². The summed E-state index contributed by atoms with van der Waals surface area (Å²) in [5.74, 6) is -0.248. The van der Waals surface area contributed by atoms with Crippen LogP contribution in [0.15, 0.2) is 12.2 Å². The zero-order chi connectivity index (χ0) is 21.5. The minimum absolute atomic E-state index is 0.0309. The van der Waals surface area contributed by atoms with Gasteiger partial charge >= 0.3 is 0 Å². The Kier molecular flexibility index (Phi) is 8.94. The lowest BCUT2D eigenvalue weighted by atomic mass is 9.87. The van der Waals surface area contributed by atoms with Gasteiger partial charge in [0.2, 0.25) is 0 Å². The average Bonchev–Trinajstić information content (AvgIpc) is 3.07. The number of aldehydes is 1. The van der Waals surface area contributed by atoms with Crippen molar-refractivity contribution in [2.75, 3.05) is 19.8 Å². The van der Waals surface area contributed by atoms with E-state index in [-0.39, 0.29) is 29.6 Å². The second-order valence-electron chi connectivity index (χ2n) is 10.1. The van der Waals surface area contributed by atoms with E-state index in [9.17, 15) is 4.79 Å². The molecule has 0 aromatic rings. The molecule has 1 spiro atoms. The van der Waals surface area contributed by atoms with Gasteiger partial charge in [-0.25, -0.2) is 0 Å². The van der Waals surface area contributed by atoms with Crippen LogP contribution in [0.1, 0.15) is 85.0 Å². The van der Waals surface area contributed by atoms with E-state index in [1.54, 1.807) is 0 Å². The largest absolute Gasteiger partial charge is 0.353 e. The van der Waals surface area contributed by atoms with Gasteiger partial charge in [-0.3, -0.25) is 0 Å². The molecule has 5 nitrogen and oxygen atoms in total. The van der Waals surface area contributed by atoms with Crippen LogP contribution in [-0.2, 0) is 23.7 Å². The van der Waals surface area contributed by atoms with E-state index < -0.39 is 5.79 Å². The van der Waals surface area contributed by atoms with Crippen LogP contribution in [0.4, 0.5) is 0 Å². The van der Waals surface area contributed by atoms with Crippen molar-refractivity contribution in [1.82, 2.24) is 0 Å². The Hall–Kier alpha value is -0.750. The van der Waals surface area contributed by atoms with Gasteiger partial charge in [0.25, 0.3) is 0 Å². The molecule has 4 atom stereocenters. The van der Waals surface area contributed by atoms with Crippen molar-refractivity contribution in [2.45, 2.75) is 103 Å². The van der Waals surface area contributed by atoms with Crippen LogP contribution in [0.2, 0.25) is 0 Å². The minimum Gasteiger partial charge on any atom is -0.353 e. The first kappa shape index (κ1) is 23.9. The van der Waals surface area contributed by atoms with Crippen LogP contribution in [0.25, 0.3) is 0 Å². The molecule has 0 aromatic carbocycles. The molecule has 3 fully saturated rings. The molecule has 1 aliphatic carbocycles. The van der Waals surface area contributed by atoms with E-state index >= 15 is 0 Å². The number of hydrogen-bond donors (Lipinski definition) is 0. The van der Waals surface area contributed by atoms with Crippen molar-refractivity contribution in [3.05, 3.63) is 12.2 Å². The Morgan fingerprint density at radius 2 is 1.93 bits per heavy atom. The standard InChI is InChI=1S/C25H42O5/c1-4-5-6-9-21(30-23-10-7-8-17-27-23)12-11-20-13-15-25(22(20)14-16-26)28-18-24(2,3)19-29-25/h11-12,16,20-23H,4-10,13-15,17-19H2,1-3H3. The van der Waals surface area contributed by atoms with E-state index in [4.69, 9.17) is 18.9 Å². The SMILES string of the molecule is CCCCCC(C=CC1CCC2(OCC(C)(C)CO2)C1CC=O)OC1CCCCO1. The van der Waals surface area contributed by atoms with Crippen molar-refractivity contribution in [3.63, 3.8) is 0 Å². The van der Waals surface area contributed by atoms with Crippen LogP contribution in [0, 0.1) is 17.3 Å². The summed E-state index contributed by atoms with van der Waals surface area (Å²) in [5.41, 5.74) is 0.0309. The summed E-state index contributed by atoms with van der Waals surface area (Å²) < 4.78 is 24.7. The monoisotopic (exact) mass is 422 g/mol. The minimum atomic E-state index is -0.601. The maximum atomic E-state index is 11.5. The molecule has 2 saturated heterocycles. The Morgan fingerprint density at radius 1 is 1.13 bits per heavy atom. The topological polar surface area (TPSA) is 54.0 Å². The lowest BCUT2D eigenvalue weighted by molar-refractivity contribution is -0.315. The van der Waals surface area contributed by atoms with E-state index in [0.29, 0.717) is 19.6 Å². The smallest absolute Gasteiger partial charge is 0.172 e. The molecule has 4 unspecified atom stereocenters. The van der Waals surface area contributed by atoms with Crippen LogP contribution in [0.5, 0.6) is 0 Å². The summed E-state index contributed by atoms with van der Waals surface area (Å²) in [6.45, 7) is 8.71. The van der Waals surface area contributed by atoms with E-state index in [1.807, 2.05) is 0 Å². The zero-order valence-corrected chi connectivity index (χ0v) is 19.3. The molecule has 3 rings (SSSR count). The first-order valence-electron chi connectivity index (χ1n) is 12.1. The van der Waals surface area contributed by atoms with Crippen molar-refractivity contribution < 1.29 is 23.7 Å². The Labute approximate surface area is 182 Å². The summed E-state index contributed by atoms with van der Waals surface area (Å²) in [6.07, 6.45) is 15.7. The van der Waals surface area contributed by atoms with E-state index in [2.05, 4.69) is 32.9 Å². The molecule has 0 N–H and O–H groups in total. The van der Waals surface area contributed by atoms with Crippen LogP contribution in [-0.4, -0.2) is 44.3 Å². The Bertz CT molecular complexity index is 542. The van der Waals surface area contributed by atoms with Gasteiger partial charge in [0.05, 0.1) is 19.3 Å². The molecule has 0 aromatic heterocycles. The highest BCUT2D eigenvalue weighted by Gasteiger charge is 2.52. The zero-order valence-electron chi connectivity index (χ0n) is 19.3. The quantitative estimate of drug-likeness (QED) is 0.267. The number of rotatable bonds is 10. The summed E-state index contributed by atoms with van der Waals surface area (Å²) in [6, 6.07) is 0. The number of unbranched alkanes of at least 4 members (excludes halogenated alkanes) is 2. The fourth-order valence-corrected chi connectivity index (χ4v) is 4.93. The summed E-state index contributed by atoms with van der Waals surface area (Å²) in [4.78, 5) is 11.5. The number of carbonyl (C=O) groups excluding carboxylic acids is 1. The van der Waals surface area contributed by atoms with Crippen molar-refractivity contribution in [2.24, 2.45) is 17.3 Å². The molecule has 1 saturated carbocycles. The number of hydrogen-bond acceptors (Lipinski definition) is 5. The van der Waals surface area contributed by atoms with E-state index in [1.165, 1.54) is 19.3 Å². The molecule has 5 heteroatoms. The Morgan fingerprint density at radius 3 is 2.60 bits per heavy atom. The second-order valence-corrected chi connectivity index (χ2v) is 10.1. The molecule has 0 bridgehead atoms. The first-order valence-corrected chi connectivity index (χ1v) is 12.1. The van der Waals surface area contributed by atoms with Crippen LogP contribution < -0.4 is 0 Å². The van der Waals surface area contributed by atoms with Crippen molar-refractivity contribution in [1.29, 1.82) is 0 Å². The van der Waals surface area contributed by atoms with Gasteiger partial charge in [0.15, 0.2) is 12.1 Å². The van der Waals surface area contributed by atoms with Crippen molar-refractivity contribution in [3.8, 4) is 0 Å². The molecule has 2 aliphatic heterocycles. The van der Waals surface area contributed by atoms with Gasteiger partial charge < -0.3 is 23.7 Å². The number of carbonyl (C=O) groups is 1. The summed E-state index contributed by atoms with van der Waals surface area (Å²) in [7, 11) is 0. The third kappa shape index (κ3) is 6.38. The molecule has 2 heterocycles. The highest BCUT2D eigenvalue weighted by atomic mass is 16.7. The maximum absolute atomic E-state index is 11.5. The summed E-state index contributed by atoms with van der Waals surface area (Å²) in [5, 5.41) is 0. The third-order valence-corrected chi connectivity index (χ3v) is 6.80. The van der Waals surface area contributed by atoms with Gasteiger partial charge in [-0.1, -0.05) is 52.2 Å². The highest BCUT2D eigenvalue weighted by Crippen LogP contribution is 2.49. The van der Waals surface area contributed by atoms with Gasteiger partial charge in [0, 0.05) is 30.8 Å². The molecule has 0 amide bonds. The molecule has 3 aliphatic rings. The maximum Gasteiger partial charge on any atom is 0.172 e. The van der Waals surface area contributed by atoms with Gasteiger partial charge in [-0.05, 0) is 38.0 Å². The number of ether oxygens (including phenoxy) is 4. The second kappa shape index (κ2) is 11.2. The first-order chi connectivity index (χ1) is 14.5. The fraction of sp³-hybridized carbons (Fsp3) is 0.880. The predicted molar refractivity (Wildman–Crippen MR) is 117 cm³/mol. The third-order valence-electron chi connectivity index (χ3n) is 6.80. The van der Waals surface area contributed by atoms with Gasteiger partial charge in [0.1, 0.15) is 6.29 Å². The average molecular weight is 423 g/mol. The van der Waals surface area contributed by atoms with E-state index in [0.717, 1.165) is 51.4 Å². The predicted octanol–water partition coefficient (Wildman–Crippen LogP) is 5.42. The van der Waals surface area contributed by atoms with Crippen LogP contribution >= 0.6 is 0 Å². The lowest BCUT2D eigenvalue weighted by Gasteiger charge is -2.45. The molecular weight excluding hydrogens is 380 g/mol. The lowest BCUT2D eigenvalue weighted by Crippen LogP contribution is -2.50. The summed E-state index contributed by atoms with van der Waals surface area (Å²) >= 11 is 0.